The van der Waals surface area contributed by atoms with Gasteiger partial charge in [-0.05, 0) is 18.6 Å². The van der Waals surface area contributed by atoms with Crippen molar-refractivity contribution in [2.24, 2.45) is 0 Å². The van der Waals surface area contributed by atoms with Crippen molar-refractivity contribution in [2.45, 2.75) is 26.2 Å². The lowest BCUT2D eigenvalue weighted by atomic mass is 10.3. The molecule has 0 saturated carbocycles. The van der Waals surface area contributed by atoms with E-state index in [9.17, 15) is 4.79 Å². The van der Waals surface area contributed by atoms with E-state index in [0.717, 1.165) is 24.4 Å². The van der Waals surface area contributed by atoms with E-state index >= 15 is 0 Å². The van der Waals surface area contributed by atoms with Crippen molar-refractivity contribution >= 4 is 6.47 Å². The highest BCUT2D eigenvalue weighted by Crippen LogP contribution is 2.10. The predicted molar refractivity (Wildman–Crippen MR) is 48.4 cm³/mol. The fourth-order valence-electron chi connectivity index (χ4n) is 1.15. The molecule has 0 atom stereocenters. The topological polar surface area (TPSA) is 39.4 Å². The number of hydrogen-bond acceptors (Lipinski definition) is 3. The van der Waals surface area contributed by atoms with Gasteiger partial charge in [0, 0.05) is 12.8 Å². The minimum atomic E-state index is 0.391. The summed E-state index contributed by atoms with van der Waals surface area (Å²) >= 11 is 0. The number of ether oxygens (including phenoxy) is 1. The molecule has 0 fully saturated rings. The van der Waals surface area contributed by atoms with Gasteiger partial charge >= 0.3 is 0 Å². The van der Waals surface area contributed by atoms with Crippen LogP contribution in [-0.2, 0) is 22.4 Å². The van der Waals surface area contributed by atoms with Crippen LogP contribution in [0.4, 0.5) is 0 Å². The van der Waals surface area contributed by atoms with Gasteiger partial charge in [0.1, 0.15) is 11.5 Å². The molecule has 0 saturated heterocycles. The molecule has 13 heavy (non-hydrogen) atoms. The van der Waals surface area contributed by atoms with E-state index in [4.69, 9.17) is 4.42 Å². The van der Waals surface area contributed by atoms with Crippen LogP contribution in [0.5, 0.6) is 0 Å². The lowest BCUT2D eigenvalue weighted by Crippen LogP contribution is -1.94. The third-order valence-corrected chi connectivity index (χ3v) is 1.75. The van der Waals surface area contributed by atoms with Gasteiger partial charge in [-0.2, -0.15) is 0 Å². The van der Waals surface area contributed by atoms with E-state index in [0.29, 0.717) is 19.5 Å². The van der Waals surface area contributed by atoms with Gasteiger partial charge in [0.05, 0.1) is 6.61 Å². The van der Waals surface area contributed by atoms with Crippen molar-refractivity contribution in [2.75, 3.05) is 6.61 Å². The Morgan fingerprint density at radius 1 is 1.38 bits per heavy atom. The second-order valence-electron chi connectivity index (χ2n) is 2.84. The van der Waals surface area contributed by atoms with Crippen LogP contribution in [0, 0.1) is 0 Å². The Balaban J connectivity index is 2.35. The molecule has 1 rings (SSSR count). The van der Waals surface area contributed by atoms with E-state index in [1.54, 1.807) is 0 Å². The second kappa shape index (κ2) is 5.41. The van der Waals surface area contributed by atoms with Gasteiger partial charge in [0.15, 0.2) is 0 Å². The molecule has 0 spiro atoms. The van der Waals surface area contributed by atoms with Crippen LogP contribution in [0.3, 0.4) is 0 Å². The van der Waals surface area contributed by atoms with E-state index in [2.05, 4.69) is 11.7 Å². The first-order chi connectivity index (χ1) is 6.36. The fraction of sp³-hybridized carbons (Fsp3) is 0.500. The maximum absolute atomic E-state index is 9.85. The van der Waals surface area contributed by atoms with Gasteiger partial charge < -0.3 is 9.15 Å². The quantitative estimate of drug-likeness (QED) is 0.498. The zero-order chi connectivity index (χ0) is 9.52. The number of aryl methyl sites for hydroxylation is 1. The number of carbonyl (C=O) groups is 1. The van der Waals surface area contributed by atoms with Crippen LogP contribution < -0.4 is 0 Å². The maximum Gasteiger partial charge on any atom is 0.293 e. The van der Waals surface area contributed by atoms with Crippen molar-refractivity contribution in [1.29, 1.82) is 0 Å². The Morgan fingerprint density at radius 2 is 2.08 bits per heavy atom. The molecule has 0 amide bonds. The van der Waals surface area contributed by atoms with Gasteiger partial charge in [-0.3, -0.25) is 4.79 Å². The van der Waals surface area contributed by atoms with Gasteiger partial charge in [-0.1, -0.05) is 6.92 Å². The van der Waals surface area contributed by atoms with Crippen molar-refractivity contribution < 1.29 is 13.9 Å². The van der Waals surface area contributed by atoms with Gasteiger partial charge in [-0.15, -0.1) is 0 Å². The summed E-state index contributed by atoms with van der Waals surface area (Å²) in [6.45, 7) is 2.95. The molecule has 1 heterocycles. The molecule has 0 aromatic carbocycles. The van der Waals surface area contributed by atoms with E-state index in [1.807, 2.05) is 12.1 Å². The SMILES string of the molecule is CCCc1ccc(CCOC=O)o1. The molecular weight excluding hydrogens is 168 g/mol. The largest absolute Gasteiger partial charge is 0.467 e. The Hall–Kier alpha value is -1.25. The summed E-state index contributed by atoms with van der Waals surface area (Å²) in [5.41, 5.74) is 0. The summed E-state index contributed by atoms with van der Waals surface area (Å²) < 4.78 is 10.0. The Kier molecular flexibility index (Phi) is 4.09. The van der Waals surface area contributed by atoms with E-state index in [-0.39, 0.29) is 0 Å². The van der Waals surface area contributed by atoms with E-state index in [1.165, 1.54) is 0 Å². The summed E-state index contributed by atoms with van der Waals surface area (Å²) in [5, 5.41) is 0. The zero-order valence-corrected chi connectivity index (χ0v) is 7.79. The highest BCUT2D eigenvalue weighted by molar-refractivity contribution is 5.36. The molecule has 0 N–H and O–H groups in total. The third-order valence-electron chi connectivity index (χ3n) is 1.75. The predicted octanol–water partition coefficient (Wildman–Crippen LogP) is 1.95. The van der Waals surface area contributed by atoms with Gasteiger partial charge in [-0.25, -0.2) is 0 Å². The first-order valence-electron chi connectivity index (χ1n) is 4.49. The molecule has 0 aliphatic rings. The lowest BCUT2D eigenvalue weighted by molar-refractivity contribution is -0.128. The van der Waals surface area contributed by atoms with Crippen LogP contribution in [0.25, 0.3) is 0 Å². The van der Waals surface area contributed by atoms with Crippen molar-refractivity contribution in [3.05, 3.63) is 23.7 Å². The van der Waals surface area contributed by atoms with Crippen LogP contribution in [0.15, 0.2) is 16.5 Å². The molecule has 3 heteroatoms. The van der Waals surface area contributed by atoms with Crippen LogP contribution in [0.1, 0.15) is 24.9 Å². The molecule has 0 aliphatic heterocycles. The highest BCUT2D eigenvalue weighted by Gasteiger charge is 2.00. The summed E-state index contributed by atoms with van der Waals surface area (Å²) in [5.74, 6) is 1.88. The molecule has 1 aromatic rings. The number of rotatable bonds is 6. The smallest absolute Gasteiger partial charge is 0.293 e. The van der Waals surface area contributed by atoms with Crippen molar-refractivity contribution in [3.8, 4) is 0 Å². The average Bonchev–Trinajstić information content (AvgIpc) is 2.54. The van der Waals surface area contributed by atoms with Crippen LogP contribution in [0.2, 0.25) is 0 Å². The number of furan rings is 1. The third kappa shape index (κ3) is 3.32. The van der Waals surface area contributed by atoms with Crippen LogP contribution in [-0.4, -0.2) is 13.1 Å². The highest BCUT2D eigenvalue weighted by atomic mass is 16.5. The summed E-state index contributed by atoms with van der Waals surface area (Å²) in [7, 11) is 0. The normalized spacial score (nSPS) is 9.92. The molecular formula is C10H14O3. The molecule has 0 aliphatic carbocycles. The standard InChI is InChI=1S/C10H14O3/c1-2-3-9-4-5-10(13-9)6-7-12-8-11/h4-5,8H,2-3,6-7H2,1H3. The Bertz CT molecular complexity index is 252. The Morgan fingerprint density at radius 3 is 2.69 bits per heavy atom. The zero-order valence-electron chi connectivity index (χ0n) is 7.79. The van der Waals surface area contributed by atoms with E-state index < -0.39 is 0 Å². The maximum atomic E-state index is 9.85. The first kappa shape index (κ1) is 9.84. The molecule has 0 radical (unpaired) electrons. The summed E-state index contributed by atoms with van der Waals surface area (Å²) in [6.07, 6.45) is 2.70. The monoisotopic (exact) mass is 182 g/mol. The lowest BCUT2D eigenvalue weighted by Gasteiger charge is -1.95. The fourth-order valence-corrected chi connectivity index (χ4v) is 1.15. The average molecular weight is 182 g/mol. The first-order valence-corrected chi connectivity index (χ1v) is 4.49. The van der Waals surface area contributed by atoms with Crippen molar-refractivity contribution in [3.63, 3.8) is 0 Å². The van der Waals surface area contributed by atoms with Crippen LogP contribution >= 0.6 is 0 Å². The molecule has 72 valence electrons. The Labute approximate surface area is 77.7 Å². The minimum absolute atomic E-state index is 0.391. The molecule has 0 bridgehead atoms. The van der Waals surface area contributed by atoms with Gasteiger partial charge in [0.2, 0.25) is 0 Å². The van der Waals surface area contributed by atoms with Gasteiger partial charge in [0.25, 0.3) is 6.47 Å². The second-order valence-corrected chi connectivity index (χ2v) is 2.84. The summed E-state index contributed by atoms with van der Waals surface area (Å²) in [4.78, 5) is 9.85. The summed E-state index contributed by atoms with van der Waals surface area (Å²) in [6, 6.07) is 3.90. The van der Waals surface area contributed by atoms with Crippen molar-refractivity contribution in [1.82, 2.24) is 0 Å². The molecule has 3 nitrogen and oxygen atoms in total. The minimum Gasteiger partial charge on any atom is -0.467 e. The molecule has 0 unspecified atom stereocenters. The number of carbonyl (C=O) groups excluding carboxylic acids is 1. The number of hydrogen-bond donors (Lipinski definition) is 0. The molecule has 1 aromatic heterocycles.